The number of benzene rings is 2. The second-order valence-corrected chi connectivity index (χ2v) is 9.71. The van der Waals surface area contributed by atoms with E-state index in [0.717, 1.165) is 11.1 Å². The first kappa shape index (κ1) is 23.9. The van der Waals surface area contributed by atoms with E-state index in [4.69, 9.17) is 14.0 Å². The molecule has 0 saturated carbocycles. The largest absolute Gasteiger partial charge is 0.495 e. The summed E-state index contributed by atoms with van der Waals surface area (Å²) in [4.78, 5) is 16.8. The first-order chi connectivity index (χ1) is 16.4. The van der Waals surface area contributed by atoms with Gasteiger partial charge in [-0.25, -0.2) is 8.42 Å². The molecule has 34 heavy (non-hydrogen) atoms. The van der Waals surface area contributed by atoms with Gasteiger partial charge in [0.2, 0.25) is 27.6 Å². The third kappa shape index (κ3) is 5.44. The summed E-state index contributed by atoms with van der Waals surface area (Å²) in [5.74, 6) is 0.702. The van der Waals surface area contributed by atoms with Gasteiger partial charge >= 0.3 is 0 Å². The lowest BCUT2D eigenvalue weighted by Gasteiger charge is -2.26. The molecule has 1 fully saturated rings. The SMILES string of the molecule is COc1ccc(NC(=O)CCc2nc(-c3ccc(C)cc3)no2)cc1S(=O)(=O)N1CCOCC1. The van der Waals surface area contributed by atoms with E-state index in [1.54, 1.807) is 6.07 Å². The highest BCUT2D eigenvalue weighted by atomic mass is 32.2. The van der Waals surface area contributed by atoms with Crippen LogP contribution in [0.25, 0.3) is 11.4 Å². The molecule has 4 rings (SSSR count). The Bertz CT molecular complexity index is 1250. The Balaban J connectivity index is 1.41. The van der Waals surface area contributed by atoms with Crippen molar-refractivity contribution in [2.45, 2.75) is 24.7 Å². The van der Waals surface area contributed by atoms with Crippen LogP contribution in [0.15, 0.2) is 51.9 Å². The predicted molar refractivity (Wildman–Crippen MR) is 124 cm³/mol. The van der Waals surface area contributed by atoms with Crippen molar-refractivity contribution in [1.29, 1.82) is 0 Å². The van der Waals surface area contributed by atoms with Crippen LogP contribution in [0.4, 0.5) is 5.69 Å². The van der Waals surface area contributed by atoms with Gasteiger partial charge in [0.25, 0.3) is 0 Å². The van der Waals surface area contributed by atoms with Gasteiger partial charge < -0.3 is 19.3 Å². The minimum absolute atomic E-state index is 0.00524. The third-order valence-corrected chi connectivity index (χ3v) is 7.30. The maximum absolute atomic E-state index is 13.1. The minimum Gasteiger partial charge on any atom is -0.495 e. The predicted octanol–water partition coefficient (Wildman–Crippen LogP) is 2.65. The molecule has 1 aliphatic heterocycles. The molecule has 0 unspecified atom stereocenters. The van der Waals surface area contributed by atoms with Gasteiger partial charge in [-0.15, -0.1) is 0 Å². The number of aromatic nitrogens is 2. The fourth-order valence-electron chi connectivity index (χ4n) is 3.50. The Labute approximate surface area is 197 Å². The summed E-state index contributed by atoms with van der Waals surface area (Å²) in [6, 6.07) is 12.3. The maximum Gasteiger partial charge on any atom is 0.246 e. The number of hydrogen-bond acceptors (Lipinski definition) is 8. The third-order valence-electron chi connectivity index (χ3n) is 5.38. The van der Waals surface area contributed by atoms with E-state index in [2.05, 4.69) is 15.5 Å². The van der Waals surface area contributed by atoms with Gasteiger partial charge in [-0.05, 0) is 25.1 Å². The average molecular weight is 487 g/mol. The second kappa shape index (κ2) is 10.3. The van der Waals surface area contributed by atoms with E-state index in [1.165, 1.54) is 23.5 Å². The number of rotatable bonds is 8. The Morgan fingerprint density at radius 1 is 1.15 bits per heavy atom. The summed E-state index contributed by atoms with van der Waals surface area (Å²) in [5.41, 5.74) is 2.31. The number of amides is 1. The van der Waals surface area contributed by atoms with E-state index >= 15 is 0 Å². The molecule has 0 radical (unpaired) electrons. The summed E-state index contributed by atoms with van der Waals surface area (Å²) in [6.07, 6.45) is 0.340. The van der Waals surface area contributed by atoms with Crippen LogP contribution >= 0.6 is 0 Å². The first-order valence-corrected chi connectivity index (χ1v) is 12.3. The molecule has 1 amide bonds. The molecule has 1 N–H and O–H groups in total. The highest BCUT2D eigenvalue weighted by molar-refractivity contribution is 7.89. The van der Waals surface area contributed by atoms with Crippen LogP contribution in [-0.2, 0) is 26.0 Å². The van der Waals surface area contributed by atoms with Crippen molar-refractivity contribution in [3.05, 3.63) is 53.9 Å². The zero-order valence-corrected chi connectivity index (χ0v) is 19.8. The summed E-state index contributed by atoms with van der Waals surface area (Å²) in [7, 11) is -2.40. The van der Waals surface area contributed by atoms with E-state index in [1.807, 2.05) is 31.2 Å². The number of anilines is 1. The van der Waals surface area contributed by atoms with Gasteiger partial charge in [-0.3, -0.25) is 4.79 Å². The van der Waals surface area contributed by atoms with Crippen molar-refractivity contribution >= 4 is 21.6 Å². The van der Waals surface area contributed by atoms with Gasteiger partial charge in [-0.1, -0.05) is 35.0 Å². The Morgan fingerprint density at radius 2 is 1.88 bits per heavy atom. The lowest BCUT2D eigenvalue weighted by Crippen LogP contribution is -2.40. The first-order valence-electron chi connectivity index (χ1n) is 10.8. The molecule has 2 heterocycles. The topological polar surface area (TPSA) is 124 Å². The van der Waals surface area contributed by atoms with Crippen LogP contribution in [0.5, 0.6) is 5.75 Å². The molecule has 11 heteroatoms. The van der Waals surface area contributed by atoms with Gasteiger partial charge in [0.05, 0.1) is 20.3 Å². The van der Waals surface area contributed by atoms with Crippen LogP contribution < -0.4 is 10.1 Å². The highest BCUT2D eigenvalue weighted by Crippen LogP contribution is 2.30. The minimum atomic E-state index is -3.80. The lowest BCUT2D eigenvalue weighted by atomic mass is 10.1. The van der Waals surface area contributed by atoms with Gasteiger partial charge in [0, 0.05) is 37.2 Å². The molecule has 0 spiro atoms. The normalized spacial score (nSPS) is 14.6. The van der Waals surface area contributed by atoms with Crippen LogP contribution in [-0.4, -0.2) is 62.2 Å². The Morgan fingerprint density at radius 3 is 2.59 bits per heavy atom. The van der Waals surface area contributed by atoms with Gasteiger partial charge in [0.15, 0.2) is 0 Å². The van der Waals surface area contributed by atoms with E-state index in [-0.39, 0.29) is 42.5 Å². The summed E-state index contributed by atoms with van der Waals surface area (Å²) in [5, 5.41) is 6.70. The van der Waals surface area contributed by atoms with Crippen molar-refractivity contribution in [2.75, 3.05) is 38.7 Å². The summed E-state index contributed by atoms with van der Waals surface area (Å²) in [6.45, 7) is 3.18. The van der Waals surface area contributed by atoms with Gasteiger partial charge in [0.1, 0.15) is 10.6 Å². The average Bonchev–Trinajstić information content (AvgIpc) is 3.33. The van der Waals surface area contributed by atoms with Crippen molar-refractivity contribution in [3.63, 3.8) is 0 Å². The van der Waals surface area contributed by atoms with E-state index in [0.29, 0.717) is 30.6 Å². The van der Waals surface area contributed by atoms with Crippen LogP contribution in [0.2, 0.25) is 0 Å². The summed E-state index contributed by atoms with van der Waals surface area (Å²) < 4.78 is 43.3. The monoisotopic (exact) mass is 486 g/mol. The zero-order chi connectivity index (χ0) is 24.1. The number of carbonyl (C=O) groups excluding carboxylic acids is 1. The fraction of sp³-hybridized carbons (Fsp3) is 0.348. The number of methoxy groups -OCH3 is 1. The molecule has 0 bridgehead atoms. The number of ether oxygens (including phenoxy) is 2. The van der Waals surface area contributed by atoms with Crippen molar-refractivity contribution in [3.8, 4) is 17.1 Å². The Hall–Kier alpha value is -3.28. The zero-order valence-electron chi connectivity index (χ0n) is 19.0. The number of aryl methyl sites for hydroxylation is 2. The van der Waals surface area contributed by atoms with Crippen molar-refractivity contribution in [1.82, 2.24) is 14.4 Å². The summed E-state index contributed by atoms with van der Waals surface area (Å²) >= 11 is 0. The second-order valence-electron chi connectivity index (χ2n) is 7.81. The number of carbonyl (C=O) groups is 1. The molecule has 180 valence electrons. The number of sulfonamides is 1. The van der Waals surface area contributed by atoms with E-state index < -0.39 is 10.0 Å². The molecule has 1 aliphatic rings. The standard InChI is InChI=1S/C23H26N4O6S/c1-16-3-5-17(6-4-16)23-25-22(33-26-23)10-9-21(28)24-18-7-8-19(31-2)20(15-18)34(29,30)27-11-13-32-14-12-27/h3-8,15H,9-14H2,1-2H3,(H,24,28). The molecular weight excluding hydrogens is 460 g/mol. The molecule has 1 saturated heterocycles. The lowest BCUT2D eigenvalue weighted by molar-refractivity contribution is -0.116. The molecule has 0 aliphatic carbocycles. The highest BCUT2D eigenvalue weighted by Gasteiger charge is 2.29. The number of nitrogens with one attached hydrogen (secondary N) is 1. The van der Waals surface area contributed by atoms with Crippen LogP contribution in [0, 0.1) is 6.92 Å². The smallest absolute Gasteiger partial charge is 0.246 e. The fourth-order valence-corrected chi connectivity index (χ4v) is 5.09. The maximum atomic E-state index is 13.1. The van der Waals surface area contributed by atoms with E-state index in [9.17, 15) is 13.2 Å². The number of hydrogen-bond donors (Lipinski definition) is 1. The van der Waals surface area contributed by atoms with Crippen LogP contribution in [0.1, 0.15) is 17.9 Å². The molecule has 0 atom stereocenters. The Kier molecular flexibility index (Phi) is 7.25. The molecule has 2 aromatic carbocycles. The molecule has 10 nitrogen and oxygen atoms in total. The molecular formula is C23H26N4O6S. The number of morpholine rings is 1. The number of nitrogens with zero attached hydrogens (tertiary/aromatic N) is 3. The quantitative estimate of drug-likeness (QED) is 0.515. The van der Waals surface area contributed by atoms with Crippen molar-refractivity contribution in [2.24, 2.45) is 0 Å². The van der Waals surface area contributed by atoms with Crippen molar-refractivity contribution < 1.29 is 27.2 Å². The van der Waals surface area contributed by atoms with Gasteiger partial charge in [-0.2, -0.15) is 9.29 Å². The van der Waals surface area contributed by atoms with Crippen LogP contribution in [0.3, 0.4) is 0 Å². The molecule has 3 aromatic rings. The molecule has 1 aromatic heterocycles.